The van der Waals surface area contributed by atoms with Gasteiger partial charge in [0.25, 0.3) is 20.2 Å². The first-order valence-electron chi connectivity index (χ1n) is 23.1. The highest BCUT2D eigenvalue weighted by Crippen LogP contribution is 2.39. The van der Waals surface area contributed by atoms with Gasteiger partial charge in [-0.1, -0.05) is 58.0 Å². The van der Waals surface area contributed by atoms with E-state index in [-0.39, 0.29) is 42.9 Å². The zero-order chi connectivity index (χ0) is 58.1. The molecule has 0 unspecified atom stereocenters. The summed E-state index contributed by atoms with van der Waals surface area (Å²) in [6.07, 6.45) is 0.135. The van der Waals surface area contributed by atoms with E-state index in [0.717, 1.165) is 66.7 Å². The Hall–Kier alpha value is -5.16. The Morgan fingerprint density at radius 2 is 0.714 bits per heavy atom. The Kier molecular flexibility index (Phi) is 16.3. The van der Waals surface area contributed by atoms with E-state index in [4.69, 9.17) is 0 Å². The van der Waals surface area contributed by atoms with Gasteiger partial charge in [0.15, 0.2) is 19.7 Å². The Morgan fingerprint density at radius 1 is 0.364 bits per heavy atom. The second kappa shape index (κ2) is 20.5. The molecule has 0 saturated carbocycles. The molecule has 0 aliphatic heterocycles. The van der Waals surface area contributed by atoms with Gasteiger partial charge in [0.2, 0.25) is 39.3 Å². The summed E-state index contributed by atoms with van der Waals surface area (Å²) < 4.78 is 232. The number of sulfone groups is 6. The molecule has 0 aliphatic rings. The van der Waals surface area contributed by atoms with Crippen LogP contribution in [0.5, 0.6) is 0 Å². The van der Waals surface area contributed by atoms with E-state index >= 15 is 0 Å². The first kappa shape index (κ1) is 61.1. The third kappa shape index (κ3) is 11.9. The number of hydrogen-bond donors (Lipinski definition) is 2. The molecular weight excluding hydrogens is 1160 g/mol. The minimum absolute atomic E-state index is 0.0416. The van der Waals surface area contributed by atoms with E-state index in [0.29, 0.717) is 29.8 Å². The predicted molar refractivity (Wildman–Crippen MR) is 285 cm³/mol. The highest BCUT2D eigenvalue weighted by molar-refractivity contribution is 7.94. The monoisotopic (exact) mass is 1210 g/mol. The molecule has 416 valence electrons. The van der Waals surface area contributed by atoms with Crippen molar-refractivity contribution in [3.63, 3.8) is 0 Å². The van der Waals surface area contributed by atoms with Gasteiger partial charge in [0, 0.05) is 0 Å². The molecule has 6 rings (SSSR count). The van der Waals surface area contributed by atoms with E-state index in [9.17, 15) is 76.4 Å². The summed E-state index contributed by atoms with van der Waals surface area (Å²) in [6.45, 7) is 14.0. The zero-order valence-electron chi connectivity index (χ0n) is 42.9. The van der Waals surface area contributed by atoms with Crippen LogP contribution in [0.3, 0.4) is 0 Å². The molecule has 0 aromatic heterocycles. The zero-order valence-corrected chi connectivity index (χ0v) is 49.4. The van der Waals surface area contributed by atoms with Crippen molar-refractivity contribution in [1.82, 2.24) is 0 Å². The van der Waals surface area contributed by atoms with Crippen molar-refractivity contribution < 1.29 is 76.4 Å². The van der Waals surface area contributed by atoms with Crippen LogP contribution in [0.2, 0.25) is 0 Å². The highest BCUT2D eigenvalue weighted by atomic mass is 32.2. The fourth-order valence-corrected chi connectivity index (χ4v) is 18.5. The lowest BCUT2D eigenvalue weighted by Crippen LogP contribution is -2.34. The van der Waals surface area contributed by atoms with Crippen molar-refractivity contribution in [1.29, 1.82) is 0 Å². The predicted octanol–water partition coefficient (Wildman–Crippen LogP) is 8.52. The molecule has 0 atom stereocenters. The van der Waals surface area contributed by atoms with Crippen LogP contribution < -0.4 is 0 Å². The van der Waals surface area contributed by atoms with Crippen LogP contribution in [0.25, 0.3) is 0 Å². The number of benzene rings is 6. The fourth-order valence-electron chi connectivity index (χ4n) is 8.06. The lowest BCUT2D eigenvalue weighted by atomic mass is 9.79. The van der Waals surface area contributed by atoms with Crippen molar-refractivity contribution in [3.05, 3.63) is 145 Å². The summed E-state index contributed by atoms with van der Waals surface area (Å²) in [4.78, 5) is -7.24. The van der Waals surface area contributed by atoms with Crippen LogP contribution in [-0.2, 0) is 84.7 Å². The van der Waals surface area contributed by atoms with Gasteiger partial charge < -0.3 is 0 Å². The number of hydrogen-bond acceptors (Lipinski definition) is 16. The van der Waals surface area contributed by atoms with E-state index in [1.807, 2.05) is 0 Å². The molecule has 0 heterocycles. The minimum atomic E-state index is -5.55. The third-order valence-electron chi connectivity index (χ3n) is 13.1. The molecular formula is C51H56O18S8. The van der Waals surface area contributed by atoms with Crippen LogP contribution in [0.1, 0.15) is 92.2 Å². The topological polar surface area (TPSA) is 314 Å². The SMILES string of the molecule is CC(C)c1ccc(S(=O)(=O)c2ccc(S(=O)(=O)c3cccc(S(=O)(=O)C(C)(C)CCC(C)(C)c4ccc(S(=O)(=O)c5ccc(S(=O)(=O)c6cccc(S(=O)(=O)C(C)(C)C)c6)cc5)cc4)c3)c(S(=O)(=O)O)c2)cc1S(=O)(=O)O. The Labute approximate surface area is 451 Å². The minimum Gasteiger partial charge on any atom is -0.282 e. The summed E-state index contributed by atoms with van der Waals surface area (Å²) in [5.41, 5.74) is -0.136. The first-order valence-corrected chi connectivity index (χ1v) is 34.8. The summed E-state index contributed by atoms with van der Waals surface area (Å²) in [7, 11) is -37.3. The van der Waals surface area contributed by atoms with Crippen molar-refractivity contribution in [2.45, 2.75) is 155 Å². The molecule has 0 amide bonds. The molecule has 26 heteroatoms. The van der Waals surface area contributed by atoms with Crippen LogP contribution >= 0.6 is 0 Å². The summed E-state index contributed by atoms with van der Waals surface area (Å²) >= 11 is 0. The number of rotatable bonds is 18. The largest absolute Gasteiger partial charge is 0.295 e. The first-order chi connectivity index (χ1) is 34.9. The van der Waals surface area contributed by atoms with Gasteiger partial charge in [-0.15, -0.1) is 0 Å². The Balaban J connectivity index is 1.21. The molecule has 0 radical (unpaired) electrons. The molecule has 77 heavy (non-hydrogen) atoms. The van der Waals surface area contributed by atoms with E-state index in [1.165, 1.54) is 65.0 Å². The van der Waals surface area contributed by atoms with Crippen molar-refractivity contribution >= 4 is 79.3 Å². The normalized spacial score (nSPS) is 13.9. The van der Waals surface area contributed by atoms with Gasteiger partial charge in [0.05, 0.1) is 63.3 Å². The quantitative estimate of drug-likeness (QED) is 0.0761. The van der Waals surface area contributed by atoms with Gasteiger partial charge in [-0.05, 0) is 173 Å². The van der Waals surface area contributed by atoms with E-state index < -0.39 is 134 Å². The Morgan fingerprint density at radius 3 is 1.16 bits per heavy atom. The summed E-state index contributed by atoms with van der Waals surface area (Å²) in [5.74, 6) is -0.496. The van der Waals surface area contributed by atoms with Gasteiger partial charge >= 0.3 is 0 Å². The van der Waals surface area contributed by atoms with E-state index in [2.05, 4.69) is 0 Å². The van der Waals surface area contributed by atoms with Crippen molar-refractivity contribution in [3.8, 4) is 0 Å². The Bertz CT molecular complexity index is 4270. The molecule has 0 bridgehead atoms. The maximum atomic E-state index is 14.3. The van der Waals surface area contributed by atoms with Crippen molar-refractivity contribution in [2.75, 3.05) is 0 Å². The highest BCUT2D eigenvalue weighted by Gasteiger charge is 2.39. The molecule has 18 nitrogen and oxygen atoms in total. The molecule has 0 fully saturated rings. The lowest BCUT2D eigenvalue weighted by Gasteiger charge is -2.31. The molecule has 0 saturated heterocycles. The maximum Gasteiger partial charge on any atom is 0.295 e. The molecule has 6 aromatic carbocycles. The van der Waals surface area contributed by atoms with Gasteiger partial charge in [-0.3, -0.25) is 9.11 Å². The van der Waals surface area contributed by atoms with Crippen molar-refractivity contribution in [2.24, 2.45) is 0 Å². The molecule has 0 spiro atoms. The fraction of sp³-hybridized carbons (Fsp3) is 0.294. The van der Waals surface area contributed by atoms with Gasteiger partial charge in [0.1, 0.15) is 4.90 Å². The average molecular weight is 1210 g/mol. The van der Waals surface area contributed by atoms with Crippen LogP contribution in [0, 0.1) is 0 Å². The maximum absolute atomic E-state index is 14.3. The molecule has 2 N–H and O–H groups in total. The summed E-state index contributed by atoms with van der Waals surface area (Å²) in [5, 5.41) is 0. The third-order valence-corrected chi connectivity index (χ3v) is 27.2. The van der Waals surface area contributed by atoms with Crippen LogP contribution in [0.4, 0.5) is 0 Å². The van der Waals surface area contributed by atoms with Gasteiger partial charge in [-0.25, -0.2) is 50.5 Å². The van der Waals surface area contributed by atoms with E-state index in [1.54, 1.807) is 39.8 Å². The second-order valence-corrected chi connectivity index (χ2v) is 36.5. The standard InChI is InChI=1S/C51H56O18S8/c1-34(2)45-26-24-41(32-47(45)76(64,65)66)72(56,57)42-25-27-46(48(33-42)77(67,68)69)73(58,59)40-13-11-15-44(31-40)75(62,63)51(8,9)29-28-50(6,7)35-16-18-36(19-17-35)70(52,53)37-20-22-38(23-21-37)71(54,55)39-12-10-14-43(30-39)74(60,61)49(3,4)5/h10-27,30-34H,28-29H2,1-9H3,(H,64,65,66)(H,67,68,69). The molecule has 6 aromatic rings. The second-order valence-electron chi connectivity index (χ2n) is 20.6. The smallest absolute Gasteiger partial charge is 0.282 e. The molecule has 0 aliphatic carbocycles. The van der Waals surface area contributed by atoms with Crippen LogP contribution in [-0.4, -0.2) is 85.9 Å². The van der Waals surface area contributed by atoms with Gasteiger partial charge in [-0.2, -0.15) is 16.8 Å². The van der Waals surface area contributed by atoms with Crippen LogP contribution in [0.15, 0.2) is 192 Å². The summed E-state index contributed by atoms with van der Waals surface area (Å²) in [6, 6.07) is 23.5. The average Bonchev–Trinajstić information content (AvgIpc) is 3.34. The lowest BCUT2D eigenvalue weighted by molar-refractivity contribution is 0.417.